The summed E-state index contributed by atoms with van der Waals surface area (Å²) in [6, 6.07) is 1.95. The topological polar surface area (TPSA) is 29.5 Å². The molecular formula is C10H13NO2S. The number of hydrogen-bond donors (Lipinski definition) is 0. The van der Waals surface area contributed by atoms with Crippen LogP contribution in [0.25, 0.3) is 0 Å². The number of anilines is 1. The van der Waals surface area contributed by atoms with Crippen molar-refractivity contribution in [2.45, 2.75) is 6.42 Å². The van der Waals surface area contributed by atoms with Gasteiger partial charge in [0.15, 0.2) is 6.29 Å². The summed E-state index contributed by atoms with van der Waals surface area (Å²) in [4.78, 5) is 13.6. The zero-order chi connectivity index (χ0) is 9.80. The molecule has 0 unspecified atom stereocenters. The van der Waals surface area contributed by atoms with Crippen LogP contribution < -0.4 is 4.90 Å². The third-order valence-electron chi connectivity index (χ3n) is 2.31. The van der Waals surface area contributed by atoms with Crippen LogP contribution in [0, 0.1) is 0 Å². The SMILES string of the molecule is O=Cc1cc(N2CCCOCC2)cs1. The van der Waals surface area contributed by atoms with Gasteiger partial charge in [-0.2, -0.15) is 0 Å². The first kappa shape index (κ1) is 9.68. The van der Waals surface area contributed by atoms with Gasteiger partial charge in [0.2, 0.25) is 0 Å². The van der Waals surface area contributed by atoms with Crippen molar-refractivity contribution in [1.82, 2.24) is 0 Å². The van der Waals surface area contributed by atoms with E-state index >= 15 is 0 Å². The van der Waals surface area contributed by atoms with Crippen molar-refractivity contribution < 1.29 is 9.53 Å². The lowest BCUT2D eigenvalue weighted by molar-refractivity contribution is 0.112. The average Bonchev–Trinajstić information content (AvgIpc) is 2.53. The van der Waals surface area contributed by atoms with E-state index in [0.717, 1.165) is 49.6 Å². The third kappa shape index (κ3) is 2.13. The lowest BCUT2D eigenvalue weighted by atomic mass is 10.3. The van der Waals surface area contributed by atoms with Gasteiger partial charge in [-0.25, -0.2) is 0 Å². The van der Waals surface area contributed by atoms with Gasteiger partial charge >= 0.3 is 0 Å². The molecule has 1 aliphatic rings. The minimum absolute atomic E-state index is 0.784. The number of nitrogens with zero attached hydrogens (tertiary/aromatic N) is 1. The predicted octanol–water partition coefficient (Wildman–Crippen LogP) is 1.79. The number of rotatable bonds is 2. The fraction of sp³-hybridized carbons (Fsp3) is 0.500. The van der Waals surface area contributed by atoms with E-state index in [0.29, 0.717) is 0 Å². The Morgan fingerprint density at radius 1 is 1.43 bits per heavy atom. The van der Waals surface area contributed by atoms with Crippen molar-refractivity contribution in [1.29, 1.82) is 0 Å². The van der Waals surface area contributed by atoms with Gasteiger partial charge in [0.1, 0.15) is 0 Å². The molecule has 0 saturated carbocycles. The first-order valence-corrected chi connectivity index (χ1v) is 5.64. The molecule has 1 aromatic rings. The summed E-state index contributed by atoms with van der Waals surface area (Å²) in [6.07, 6.45) is 1.97. The molecule has 14 heavy (non-hydrogen) atoms. The predicted molar refractivity (Wildman–Crippen MR) is 57.4 cm³/mol. The van der Waals surface area contributed by atoms with Gasteiger partial charge in [-0.1, -0.05) is 0 Å². The van der Waals surface area contributed by atoms with Gasteiger partial charge in [0.05, 0.1) is 11.5 Å². The number of thiophene rings is 1. The lowest BCUT2D eigenvalue weighted by Crippen LogP contribution is -2.25. The second-order valence-electron chi connectivity index (χ2n) is 3.28. The zero-order valence-electron chi connectivity index (χ0n) is 7.94. The number of hydrogen-bond acceptors (Lipinski definition) is 4. The van der Waals surface area contributed by atoms with Crippen molar-refractivity contribution >= 4 is 23.3 Å². The highest BCUT2D eigenvalue weighted by molar-refractivity contribution is 7.12. The van der Waals surface area contributed by atoms with Crippen LogP contribution in [-0.2, 0) is 4.74 Å². The summed E-state index contributed by atoms with van der Waals surface area (Å²) in [6.45, 7) is 3.58. The normalized spacial score (nSPS) is 17.9. The molecule has 3 nitrogen and oxygen atoms in total. The Morgan fingerprint density at radius 3 is 3.14 bits per heavy atom. The summed E-state index contributed by atoms with van der Waals surface area (Å²) in [7, 11) is 0. The van der Waals surface area contributed by atoms with Gasteiger partial charge in [0.25, 0.3) is 0 Å². The van der Waals surface area contributed by atoms with Crippen LogP contribution in [0.4, 0.5) is 5.69 Å². The molecule has 0 atom stereocenters. The van der Waals surface area contributed by atoms with Crippen molar-refractivity contribution in [3.63, 3.8) is 0 Å². The smallest absolute Gasteiger partial charge is 0.160 e. The van der Waals surface area contributed by atoms with Gasteiger partial charge < -0.3 is 9.64 Å². The Bertz CT molecular complexity index is 303. The quantitative estimate of drug-likeness (QED) is 0.698. The highest BCUT2D eigenvalue weighted by Gasteiger charge is 2.11. The number of aldehydes is 1. The van der Waals surface area contributed by atoms with Crippen LogP contribution in [0.3, 0.4) is 0 Å². The summed E-state index contributed by atoms with van der Waals surface area (Å²) < 4.78 is 5.37. The minimum Gasteiger partial charge on any atom is -0.380 e. The van der Waals surface area contributed by atoms with Crippen LogP contribution in [0.15, 0.2) is 11.4 Å². The van der Waals surface area contributed by atoms with Crippen LogP contribution >= 0.6 is 11.3 Å². The van der Waals surface area contributed by atoms with Crippen LogP contribution in [0.2, 0.25) is 0 Å². The summed E-state index contributed by atoms with van der Waals surface area (Å²) >= 11 is 1.50. The average molecular weight is 211 g/mol. The Morgan fingerprint density at radius 2 is 2.36 bits per heavy atom. The van der Waals surface area contributed by atoms with Gasteiger partial charge in [0, 0.05) is 30.8 Å². The van der Waals surface area contributed by atoms with Crippen molar-refractivity contribution in [3.05, 3.63) is 16.3 Å². The maximum Gasteiger partial charge on any atom is 0.160 e. The molecule has 1 saturated heterocycles. The third-order valence-corrected chi connectivity index (χ3v) is 3.16. The molecule has 76 valence electrons. The maximum atomic E-state index is 10.5. The largest absolute Gasteiger partial charge is 0.380 e. The van der Waals surface area contributed by atoms with E-state index in [-0.39, 0.29) is 0 Å². The standard InChI is InChI=1S/C10H13NO2S/c12-7-10-6-9(8-14-10)11-2-1-4-13-5-3-11/h6-8H,1-5H2. The van der Waals surface area contributed by atoms with E-state index in [1.165, 1.54) is 11.3 Å². The Hall–Kier alpha value is -0.870. The fourth-order valence-corrected chi connectivity index (χ4v) is 2.29. The molecule has 1 aliphatic heterocycles. The minimum atomic E-state index is 0.784. The highest BCUT2D eigenvalue weighted by atomic mass is 32.1. The Balaban J connectivity index is 2.08. The molecule has 0 radical (unpaired) electrons. The second-order valence-corrected chi connectivity index (χ2v) is 4.22. The van der Waals surface area contributed by atoms with Gasteiger partial charge in [-0.15, -0.1) is 11.3 Å². The van der Waals surface area contributed by atoms with Crippen molar-refractivity contribution in [2.24, 2.45) is 0 Å². The van der Waals surface area contributed by atoms with Crippen molar-refractivity contribution in [2.75, 3.05) is 31.2 Å². The van der Waals surface area contributed by atoms with E-state index in [1.807, 2.05) is 11.4 Å². The Labute approximate surface area is 87.3 Å². The monoisotopic (exact) mass is 211 g/mol. The molecule has 0 aromatic carbocycles. The first-order valence-electron chi connectivity index (χ1n) is 4.76. The van der Waals surface area contributed by atoms with E-state index in [4.69, 9.17) is 4.74 Å². The van der Waals surface area contributed by atoms with Crippen molar-refractivity contribution in [3.8, 4) is 0 Å². The summed E-state index contributed by atoms with van der Waals surface area (Å²) in [5, 5.41) is 2.04. The molecule has 0 bridgehead atoms. The number of carbonyl (C=O) groups excluding carboxylic acids is 1. The lowest BCUT2D eigenvalue weighted by Gasteiger charge is -2.19. The van der Waals surface area contributed by atoms with E-state index in [9.17, 15) is 4.79 Å². The molecule has 0 N–H and O–H groups in total. The number of carbonyl (C=O) groups is 1. The summed E-state index contributed by atoms with van der Waals surface area (Å²) in [5.74, 6) is 0. The summed E-state index contributed by atoms with van der Waals surface area (Å²) in [5.41, 5.74) is 1.16. The van der Waals surface area contributed by atoms with E-state index in [2.05, 4.69) is 4.90 Å². The van der Waals surface area contributed by atoms with Crippen LogP contribution in [0.1, 0.15) is 16.1 Å². The molecule has 1 aromatic heterocycles. The molecule has 2 heterocycles. The molecule has 0 amide bonds. The zero-order valence-corrected chi connectivity index (χ0v) is 8.76. The Kier molecular flexibility index (Phi) is 3.16. The van der Waals surface area contributed by atoms with E-state index < -0.39 is 0 Å². The maximum absolute atomic E-state index is 10.5. The first-order chi connectivity index (χ1) is 6.90. The molecule has 0 aliphatic carbocycles. The van der Waals surface area contributed by atoms with Gasteiger partial charge in [-0.05, 0) is 12.5 Å². The fourth-order valence-electron chi connectivity index (χ4n) is 1.57. The van der Waals surface area contributed by atoms with Gasteiger partial charge in [-0.3, -0.25) is 4.79 Å². The molecule has 1 fully saturated rings. The highest BCUT2D eigenvalue weighted by Crippen LogP contribution is 2.22. The molecular weight excluding hydrogens is 198 g/mol. The van der Waals surface area contributed by atoms with E-state index in [1.54, 1.807) is 0 Å². The van der Waals surface area contributed by atoms with Crippen LogP contribution in [-0.4, -0.2) is 32.6 Å². The number of ether oxygens (including phenoxy) is 1. The molecule has 4 heteroatoms. The second kappa shape index (κ2) is 4.57. The molecule has 2 rings (SSSR count). The van der Waals surface area contributed by atoms with Crippen LogP contribution in [0.5, 0.6) is 0 Å². The molecule has 0 spiro atoms.